The SMILES string of the molecule is CCN(CCCCC(C)=O)c1ccccc1. The quantitative estimate of drug-likeness (QED) is 0.656. The molecule has 2 heteroatoms. The fourth-order valence-electron chi connectivity index (χ4n) is 1.79. The average molecular weight is 219 g/mol. The summed E-state index contributed by atoms with van der Waals surface area (Å²) in [5.41, 5.74) is 1.27. The lowest BCUT2D eigenvalue weighted by molar-refractivity contribution is -0.117. The molecular formula is C14H21NO. The zero-order valence-electron chi connectivity index (χ0n) is 10.3. The van der Waals surface area contributed by atoms with Gasteiger partial charge in [0.15, 0.2) is 0 Å². The summed E-state index contributed by atoms with van der Waals surface area (Å²) in [6, 6.07) is 10.4. The van der Waals surface area contributed by atoms with Gasteiger partial charge in [0, 0.05) is 25.2 Å². The molecule has 0 saturated heterocycles. The van der Waals surface area contributed by atoms with Crippen LogP contribution in [0.1, 0.15) is 33.1 Å². The van der Waals surface area contributed by atoms with Crippen LogP contribution >= 0.6 is 0 Å². The van der Waals surface area contributed by atoms with Gasteiger partial charge in [0.2, 0.25) is 0 Å². The van der Waals surface area contributed by atoms with Crippen molar-refractivity contribution in [1.82, 2.24) is 0 Å². The second-order valence-corrected chi connectivity index (χ2v) is 4.07. The molecule has 0 saturated carbocycles. The summed E-state index contributed by atoms with van der Waals surface area (Å²) in [6.07, 6.45) is 2.80. The van der Waals surface area contributed by atoms with E-state index < -0.39 is 0 Å². The Hall–Kier alpha value is -1.31. The van der Waals surface area contributed by atoms with E-state index >= 15 is 0 Å². The molecule has 0 N–H and O–H groups in total. The molecule has 0 aliphatic rings. The van der Waals surface area contributed by atoms with Gasteiger partial charge in [0.05, 0.1) is 0 Å². The lowest BCUT2D eigenvalue weighted by atomic mass is 10.2. The van der Waals surface area contributed by atoms with Gasteiger partial charge < -0.3 is 9.69 Å². The van der Waals surface area contributed by atoms with Gasteiger partial charge in [-0.2, -0.15) is 0 Å². The number of carbonyl (C=O) groups is 1. The normalized spacial score (nSPS) is 10.1. The first-order valence-corrected chi connectivity index (χ1v) is 6.03. The molecule has 0 unspecified atom stereocenters. The molecule has 1 aromatic rings. The number of Topliss-reactive ketones (excluding diaryl/α,β-unsaturated/α-hetero) is 1. The van der Waals surface area contributed by atoms with Gasteiger partial charge in [-0.05, 0) is 38.8 Å². The van der Waals surface area contributed by atoms with Crippen molar-refractivity contribution in [2.24, 2.45) is 0 Å². The number of anilines is 1. The molecule has 0 fully saturated rings. The van der Waals surface area contributed by atoms with Gasteiger partial charge in [-0.15, -0.1) is 0 Å². The summed E-state index contributed by atoms with van der Waals surface area (Å²) in [7, 11) is 0. The first kappa shape index (κ1) is 12.8. The Bertz CT molecular complexity index is 308. The van der Waals surface area contributed by atoms with E-state index in [1.807, 2.05) is 6.07 Å². The van der Waals surface area contributed by atoms with Gasteiger partial charge in [-0.3, -0.25) is 0 Å². The van der Waals surface area contributed by atoms with E-state index in [1.54, 1.807) is 6.92 Å². The molecule has 0 aliphatic carbocycles. The highest BCUT2D eigenvalue weighted by Gasteiger charge is 2.03. The number of carbonyl (C=O) groups excluding carboxylic acids is 1. The average Bonchev–Trinajstić information content (AvgIpc) is 2.30. The third kappa shape index (κ3) is 4.47. The molecule has 0 aliphatic heterocycles. The first-order chi connectivity index (χ1) is 7.74. The van der Waals surface area contributed by atoms with Crippen molar-refractivity contribution in [2.45, 2.75) is 33.1 Å². The van der Waals surface area contributed by atoms with Crippen LogP contribution in [0.15, 0.2) is 30.3 Å². The van der Waals surface area contributed by atoms with Gasteiger partial charge >= 0.3 is 0 Å². The standard InChI is InChI=1S/C14H21NO/c1-3-15(12-8-7-9-13(2)16)14-10-5-4-6-11-14/h4-6,10-11H,3,7-9,12H2,1-2H3. The second kappa shape index (κ2) is 7.04. The summed E-state index contributed by atoms with van der Waals surface area (Å²) in [5.74, 6) is 0.294. The Balaban J connectivity index is 2.35. The van der Waals surface area contributed by atoms with E-state index in [9.17, 15) is 4.79 Å². The van der Waals surface area contributed by atoms with Crippen molar-refractivity contribution in [2.75, 3.05) is 18.0 Å². The summed E-state index contributed by atoms with van der Waals surface area (Å²) in [4.78, 5) is 13.2. The van der Waals surface area contributed by atoms with E-state index in [0.717, 1.165) is 25.9 Å². The highest BCUT2D eigenvalue weighted by molar-refractivity contribution is 5.75. The maximum absolute atomic E-state index is 10.8. The predicted octanol–water partition coefficient (Wildman–Crippen LogP) is 3.27. The van der Waals surface area contributed by atoms with Crippen molar-refractivity contribution in [3.05, 3.63) is 30.3 Å². The number of nitrogens with zero attached hydrogens (tertiary/aromatic N) is 1. The number of hydrogen-bond donors (Lipinski definition) is 0. The van der Waals surface area contributed by atoms with Gasteiger partial charge in [-0.1, -0.05) is 18.2 Å². The Morgan fingerprint density at radius 1 is 1.19 bits per heavy atom. The number of rotatable bonds is 7. The molecule has 0 amide bonds. The number of para-hydroxylation sites is 1. The minimum absolute atomic E-state index is 0.294. The van der Waals surface area contributed by atoms with Crippen LogP contribution in [0.2, 0.25) is 0 Å². The van der Waals surface area contributed by atoms with Crippen molar-refractivity contribution in [3.8, 4) is 0 Å². The van der Waals surface area contributed by atoms with Crippen LogP contribution in [0.4, 0.5) is 5.69 Å². The molecule has 1 aromatic carbocycles. The van der Waals surface area contributed by atoms with Crippen molar-refractivity contribution >= 4 is 11.5 Å². The van der Waals surface area contributed by atoms with Crippen LogP contribution in [0.25, 0.3) is 0 Å². The molecule has 0 bridgehead atoms. The number of benzene rings is 1. The monoisotopic (exact) mass is 219 g/mol. The molecule has 16 heavy (non-hydrogen) atoms. The molecule has 88 valence electrons. The summed E-state index contributed by atoms with van der Waals surface area (Å²) in [5, 5.41) is 0. The van der Waals surface area contributed by atoms with Crippen molar-refractivity contribution < 1.29 is 4.79 Å². The van der Waals surface area contributed by atoms with E-state index in [-0.39, 0.29) is 0 Å². The Morgan fingerprint density at radius 2 is 1.88 bits per heavy atom. The molecular weight excluding hydrogens is 198 g/mol. The third-order valence-electron chi connectivity index (χ3n) is 2.71. The highest BCUT2D eigenvalue weighted by atomic mass is 16.1. The van der Waals surface area contributed by atoms with Crippen LogP contribution in [0, 0.1) is 0 Å². The molecule has 0 spiro atoms. The fourth-order valence-corrected chi connectivity index (χ4v) is 1.79. The van der Waals surface area contributed by atoms with Crippen molar-refractivity contribution in [1.29, 1.82) is 0 Å². The van der Waals surface area contributed by atoms with Crippen LogP contribution < -0.4 is 4.90 Å². The lowest BCUT2D eigenvalue weighted by Crippen LogP contribution is -2.23. The van der Waals surface area contributed by atoms with Crippen LogP contribution in [-0.4, -0.2) is 18.9 Å². The molecule has 0 radical (unpaired) electrons. The fraction of sp³-hybridized carbons (Fsp3) is 0.500. The summed E-state index contributed by atoms with van der Waals surface area (Å²) in [6.45, 7) is 5.88. The first-order valence-electron chi connectivity index (χ1n) is 6.03. The Labute approximate surface area is 98.3 Å². The molecule has 0 atom stereocenters. The van der Waals surface area contributed by atoms with Crippen LogP contribution in [0.5, 0.6) is 0 Å². The Morgan fingerprint density at radius 3 is 2.44 bits per heavy atom. The topological polar surface area (TPSA) is 20.3 Å². The lowest BCUT2D eigenvalue weighted by Gasteiger charge is -2.22. The number of hydrogen-bond acceptors (Lipinski definition) is 2. The molecule has 0 aromatic heterocycles. The maximum atomic E-state index is 10.8. The number of unbranched alkanes of at least 4 members (excludes halogenated alkanes) is 1. The van der Waals surface area contributed by atoms with E-state index in [0.29, 0.717) is 12.2 Å². The minimum Gasteiger partial charge on any atom is -0.372 e. The largest absolute Gasteiger partial charge is 0.372 e. The molecule has 0 heterocycles. The zero-order chi connectivity index (χ0) is 11.8. The Kier molecular flexibility index (Phi) is 5.62. The number of ketones is 1. The molecule has 2 nitrogen and oxygen atoms in total. The van der Waals surface area contributed by atoms with Crippen molar-refractivity contribution in [3.63, 3.8) is 0 Å². The van der Waals surface area contributed by atoms with E-state index in [2.05, 4.69) is 36.1 Å². The second-order valence-electron chi connectivity index (χ2n) is 4.07. The van der Waals surface area contributed by atoms with E-state index in [1.165, 1.54) is 5.69 Å². The summed E-state index contributed by atoms with van der Waals surface area (Å²) < 4.78 is 0. The van der Waals surface area contributed by atoms with Crippen LogP contribution in [-0.2, 0) is 4.79 Å². The van der Waals surface area contributed by atoms with Gasteiger partial charge in [-0.25, -0.2) is 0 Å². The van der Waals surface area contributed by atoms with Gasteiger partial charge in [0.1, 0.15) is 5.78 Å². The van der Waals surface area contributed by atoms with E-state index in [4.69, 9.17) is 0 Å². The third-order valence-corrected chi connectivity index (χ3v) is 2.71. The minimum atomic E-state index is 0.294. The van der Waals surface area contributed by atoms with Gasteiger partial charge in [0.25, 0.3) is 0 Å². The highest BCUT2D eigenvalue weighted by Crippen LogP contribution is 2.13. The molecule has 1 rings (SSSR count). The predicted molar refractivity (Wildman–Crippen MR) is 68.9 cm³/mol. The van der Waals surface area contributed by atoms with Crippen LogP contribution in [0.3, 0.4) is 0 Å². The summed E-state index contributed by atoms with van der Waals surface area (Å²) >= 11 is 0. The smallest absolute Gasteiger partial charge is 0.129 e. The zero-order valence-corrected chi connectivity index (χ0v) is 10.3. The maximum Gasteiger partial charge on any atom is 0.129 e.